The number of aliphatic hydroxyl groups excluding tert-OH is 1. The molecule has 0 aromatic heterocycles. The Morgan fingerprint density at radius 1 is 1.50 bits per heavy atom. The van der Waals surface area contributed by atoms with Crippen molar-refractivity contribution in [2.24, 2.45) is 0 Å². The number of ether oxygens (including phenoxy) is 2. The highest BCUT2D eigenvalue weighted by molar-refractivity contribution is 7.81. The number of thiol groups is 1. The quantitative estimate of drug-likeness (QED) is 0.619. The maximum atomic E-state index is 9.23. The van der Waals surface area contributed by atoms with Crippen LogP contribution in [0.25, 0.3) is 0 Å². The van der Waals surface area contributed by atoms with Gasteiger partial charge in [0, 0.05) is 18.4 Å². The van der Waals surface area contributed by atoms with E-state index >= 15 is 0 Å². The second-order valence-electron chi connectivity index (χ2n) is 4.23. The largest absolute Gasteiger partial charge is 0.394 e. The number of hydrogen-bond donors (Lipinski definition) is 3. The SMILES string of the molecule is CCCNC1C(C)OC(CO)C(OC)C1S. The summed E-state index contributed by atoms with van der Waals surface area (Å²) in [5, 5.41) is 12.7. The lowest BCUT2D eigenvalue weighted by atomic mass is 9.96. The van der Waals surface area contributed by atoms with Gasteiger partial charge < -0.3 is 19.9 Å². The molecule has 0 radical (unpaired) electrons. The van der Waals surface area contributed by atoms with Crippen molar-refractivity contribution in [1.29, 1.82) is 0 Å². The van der Waals surface area contributed by atoms with E-state index in [0.29, 0.717) is 0 Å². The summed E-state index contributed by atoms with van der Waals surface area (Å²) >= 11 is 4.60. The van der Waals surface area contributed by atoms with Crippen molar-refractivity contribution in [2.45, 2.75) is 49.9 Å². The fourth-order valence-electron chi connectivity index (χ4n) is 2.18. The molecule has 16 heavy (non-hydrogen) atoms. The smallest absolute Gasteiger partial charge is 0.108 e. The van der Waals surface area contributed by atoms with Gasteiger partial charge in [-0.05, 0) is 19.9 Å². The molecule has 5 unspecified atom stereocenters. The molecule has 0 amide bonds. The van der Waals surface area contributed by atoms with Crippen LogP contribution in [-0.2, 0) is 9.47 Å². The first-order valence-corrected chi connectivity index (χ1v) is 6.37. The van der Waals surface area contributed by atoms with Crippen LogP contribution >= 0.6 is 12.6 Å². The van der Waals surface area contributed by atoms with Gasteiger partial charge >= 0.3 is 0 Å². The molecule has 0 saturated carbocycles. The Hall–Kier alpha value is 0.190. The van der Waals surface area contributed by atoms with Crippen LogP contribution in [0.2, 0.25) is 0 Å². The highest BCUT2D eigenvalue weighted by Crippen LogP contribution is 2.26. The molecule has 1 heterocycles. The Labute approximate surface area is 103 Å². The minimum Gasteiger partial charge on any atom is -0.394 e. The zero-order chi connectivity index (χ0) is 12.1. The predicted molar refractivity (Wildman–Crippen MR) is 67.1 cm³/mol. The summed E-state index contributed by atoms with van der Waals surface area (Å²) in [4.78, 5) is 0. The molecule has 5 heteroatoms. The monoisotopic (exact) mass is 249 g/mol. The van der Waals surface area contributed by atoms with Gasteiger partial charge in [0.15, 0.2) is 0 Å². The van der Waals surface area contributed by atoms with Gasteiger partial charge in [0.05, 0.1) is 18.8 Å². The zero-order valence-electron chi connectivity index (χ0n) is 10.2. The molecule has 4 nitrogen and oxygen atoms in total. The number of nitrogens with one attached hydrogen (secondary N) is 1. The lowest BCUT2D eigenvalue weighted by Gasteiger charge is -2.43. The molecular formula is C11H23NO3S. The van der Waals surface area contributed by atoms with Gasteiger partial charge in [-0.15, -0.1) is 0 Å². The fourth-order valence-corrected chi connectivity index (χ4v) is 2.84. The van der Waals surface area contributed by atoms with Crippen LogP contribution in [0.3, 0.4) is 0 Å². The Bertz CT molecular complexity index is 206. The van der Waals surface area contributed by atoms with E-state index in [4.69, 9.17) is 9.47 Å². The third-order valence-corrected chi connectivity index (χ3v) is 3.66. The number of methoxy groups -OCH3 is 1. The Kier molecular flexibility index (Phi) is 6.07. The summed E-state index contributed by atoms with van der Waals surface area (Å²) in [6.07, 6.45) is 0.670. The Morgan fingerprint density at radius 2 is 2.19 bits per heavy atom. The number of rotatable bonds is 5. The normalized spacial score (nSPS) is 39.9. The first-order valence-electron chi connectivity index (χ1n) is 5.86. The minimum absolute atomic E-state index is 0.0274. The Balaban J connectivity index is 2.65. The molecule has 1 fully saturated rings. The summed E-state index contributed by atoms with van der Waals surface area (Å²) < 4.78 is 11.1. The van der Waals surface area contributed by atoms with Crippen molar-refractivity contribution >= 4 is 12.6 Å². The topological polar surface area (TPSA) is 50.7 Å². The molecule has 1 aliphatic heterocycles. The lowest BCUT2D eigenvalue weighted by Crippen LogP contribution is -2.61. The summed E-state index contributed by atoms with van der Waals surface area (Å²) in [5.41, 5.74) is 0. The van der Waals surface area contributed by atoms with Gasteiger partial charge in [0.2, 0.25) is 0 Å². The van der Waals surface area contributed by atoms with Crippen LogP contribution in [0, 0.1) is 0 Å². The summed E-state index contributed by atoms with van der Waals surface area (Å²) in [6, 6.07) is 0.163. The van der Waals surface area contributed by atoms with Crippen molar-refractivity contribution in [1.82, 2.24) is 5.32 Å². The van der Waals surface area contributed by atoms with Crippen LogP contribution in [-0.4, -0.2) is 55.0 Å². The van der Waals surface area contributed by atoms with Crippen molar-refractivity contribution in [3.63, 3.8) is 0 Å². The van der Waals surface area contributed by atoms with Gasteiger partial charge in [-0.1, -0.05) is 6.92 Å². The van der Waals surface area contributed by atoms with Crippen LogP contribution in [0.4, 0.5) is 0 Å². The van der Waals surface area contributed by atoms with E-state index < -0.39 is 0 Å². The van der Waals surface area contributed by atoms with Crippen molar-refractivity contribution < 1.29 is 14.6 Å². The van der Waals surface area contributed by atoms with E-state index in [2.05, 4.69) is 24.9 Å². The summed E-state index contributed by atoms with van der Waals surface area (Å²) in [6.45, 7) is 5.04. The molecule has 0 aliphatic carbocycles. The van der Waals surface area contributed by atoms with E-state index in [1.807, 2.05) is 6.92 Å². The molecule has 5 atom stereocenters. The van der Waals surface area contributed by atoms with Gasteiger partial charge in [0.1, 0.15) is 6.10 Å². The van der Waals surface area contributed by atoms with Gasteiger partial charge in [0.25, 0.3) is 0 Å². The van der Waals surface area contributed by atoms with Crippen LogP contribution in [0.5, 0.6) is 0 Å². The maximum absolute atomic E-state index is 9.23. The van der Waals surface area contributed by atoms with E-state index in [-0.39, 0.29) is 36.2 Å². The molecule has 0 bridgehead atoms. The number of hydrogen-bond acceptors (Lipinski definition) is 5. The molecule has 0 aromatic carbocycles. The Morgan fingerprint density at radius 3 is 2.69 bits per heavy atom. The van der Waals surface area contributed by atoms with Gasteiger partial charge in [-0.3, -0.25) is 0 Å². The zero-order valence-corrected chi connectivity index (χ0v) is 11.1. The fraction of sp³-hybridized carbons (Fsp3) is 1.00. The molecular weight excluding hydrogens is 226 g/mol. The minimum atomic E-state index is -0.276. The highest BCUT2D eigenvalue weighted by Gasteiger charge is 2.42. The molecule has 0 aromatic rings. The van der Waals surface area contributed by atoms with E-state index in [1.165, 1.54) is 0 Å². The number of aliphatic hydroxyl groups is 1. The van der Waals surface area contributed by atoms with Crippen molar-refractivity contribution in [3.8, 4) is 0 Å². The van der Waals surface area contributed by atoms with Crippen LogP contribution in [0.1, 0.15) is 20.3 Å². The second kappa shape index (κ2) is 6.81. The third kappa shape index (κ3) is 3.11. The van der Waals surface area contributed by atoms with Crippen LogP contribution < -0.4 is 5.32 Å². The maximum Gasteiger partial charge on any atom is 0.108 e. The molecule has 1 aliphatic rings. The van der Waals surface area contributed by atoms with E-state index in [0.717, 1.165) is 13.0 Å². The molecule has 2 N–H and O–H groups in total. The van der Waals surface area contributed by atoms with Gasteiger partial charge in [-0.2, -0.15) is 12.6 Å². The standard InChI is InChI=1S/C11H23NO3S/c1-4-5-12-9-7(2)15-8(6-13)10(14-3)11(9)16/h7-13,16H,4-6H2,1-3H3. The summed E-state index contributed by atoms with van der Waals surface area (Å²) in [5.74, 6) is 0. The average molecular weight is 249 g/mol. The molecule has 1 rings (SSSR count). The second-order valence-corrected chi connectivity index (χ2v) is 4.83. The summed E-state index contributed by atoms with van der Waals surface area (Å²) in [7, 11) is 1.63. The third-order valence-electron chi connectivity index (χ3n) is 3.05. The average Bonchev–Trinajstić information content (AvgIpc) is 2.28. The van der Waals surface area contributed by atoms with Crippen LogP contribution in [0.15, 0.2) is 0 Å². The predicted octanol–water partition coefficient (Wildman–Crippen LogP) is 0.448. The first kappa shape index (κ1) is 14.3. The van der Waals surface area contributed by atoms with Crippen molar-refractivity contribution in [2.75, 3.05) is 20.3 Å². The van der Waals surface area contributed by atoms with E-state index in [1.54, 1.807) is 7.11 Å². The van der Waals surface area contributed by atoms with E-state index in [9.17, 15) is 5.11 Å². The highest BCUT2D eigenvalue weighted by atomic mass is 32.1. The lowest BCUT2D eigenvalue weighted by molar-refractivity contribution is -0.146. The molecule has 0 spiro atoms. The molecule has 96 valence electrons. The van der Waals surface area contributed by atoms with Gasteiger partial charge in [-0.25, -0.2) is 0 Å². The van der Waals surface area contributed by atoms with Crippen molar-refractivity contribution in [3.05, 3.63) is 0 Å². The first-order chi connectivity index (χ1) is 7.65. The molecule has 1 saturated heterocycles.